The molecule has 1 aliphatic rings. The van der Waals surface area contributed by atoms with Crippen molar-refractivity contribution in [2.45, 2.75) is 32.2 Å². The number of pyridine rings is 1. The molecule has 7 nitrogen and oxygen atoms in total. The Morgan fingerprint density at radius 1 is 1.43 bits per heavy atom. The van der Waals surface area contributed by atoms with Crippen LogP contribution in [0.15, 0.2) is 24.7 Å². The largest absolute Gasteiger partial charge is 0.354 e. The van der Waals surface area contributed by atoms with E-state index in [9.17, 15) is 4.79 Å². The first-order valence-corrected chi connectivity index (χ1v) is 7.13. The van der Waals surface area contributed by atoms with Crippen molar-refractivity contribution in [3.63, 3.8) is 0 Å². The van der Waals surface area contributed by atoms with E-state index in [1.807, 2.05) is 6.07 Å². The summed E-state index contributed by atoms with van der Waals surface area (Å²) in [6, 6.07) is 3.98. The number of carbonyl (C=O) groups is 1. The Bertz CT molecular complexity index is 612. The number of hydrogen-bond acceptors (Lipinski definition) is 5. The van der Waals surface area contributed by atoms with E-state index in [-0.39, 0.29) is 5.91 Å². The molecule has 0 saturated carbocycles. The van der Waals surface area contributed by atoms with E-state index in [1.54, 1.807) is 12.3 Å². The number of anilines is 2. The highest BCUT2D eigenvalue weighted by molar-refractivity contribution is 6.03. The van der Waals surface area contributed by atoms with Gasteiger partial charge in [-0.05, 0) is 38.3 Å². The third kappa shape index (κ3) is 3.01. The number of amides is 1. The van der Waals surface area contributed by atoms with Crippen LogP contribution in [0.4, 0.5) is 11.8 Å². The third-order valence-corrected chi connectivity index (χ3v) is 3.75. The van der Waals surface area contributed by atoms with Gasteiger partial charge < -0.3 is 4.90 Å². The fourth-order valence-corrected chi connectivity index (χ4v) is 2.60. The maximum absolute atomic E-state index is 12.2. The van der Waals surface area contributed by atoms with Crippen LogP contribution < -0.4 is 10.2 Å². The smallest absolute Gasteiger partial charge is 0.258 e. The molecule has 2 N–H and O–H groups in total. The van der Waals surface area contributed by atoms with E-state index < -0.39 is 0 Å². The predicted octanol–water partition coefficient (Wildman–Crippen LogP) is 1.83. The van der Waals surface area contributed by atoms with Crippen LogP contribution in [-0.2, 0) is 0 Å². The topological polar surface area (TPSA) is 86.8 Å². The molecule has 3 rings (SSSR count). The summed E-state index contributed by atoms with van der Waals surface area (Å²) >= 11 is 0. The third-order valence-electron chi connectivity index (χ3n) is 3.75. The van der Waals surface area contributed by atoms with E-state index >= 15 is 0 Å². The van der Waals surface area contributed by atoms with Crippen LogP contribution in [0, 0.1) is 0 Å². The second-order valence-corrected chi connectivity index (χ2v) is 5.23. The number of piperidine rings is 1. The van der Waals surface area contributed by atoms with Gasteiger partial charge in [-0.3, -0.25) is 10.1 Å². The highest BCUT2D eigenvalue weighted by atomic mass is 16.1. The lowest BCUT2D eigenvalue weighted by Gasteiger charge is -2.34. The minimum Gasteiger partial charge on any atom is -0.354 e. The number of nitrogens with zero attached hydrogens (tertiary/aromatic N) is 4. The van der Waals surface area contributed by atoms with Gasteiger partial charge in [0.15, 0.2) is 0 Å². The molecule has 1 saturated heterocycles. The number of rotatable bonds is 3. The summed E-state index contributed by atoms with van der Waals surface area (Å²) in [6.07, 6.45) is 6.61. The Kier molecular flexibility index (Phi) is 3.81. The zero-order valence-corrected chi connectivity index (χ0v) is 11.9. The van der Waals surface area contributed by atoms with Gasteiger partial charge in [-0.2, -0.15) is 10.1 Å². The lowest BCUT2D eigenvalue weighted by Crippen LogP contribution is -2.38. The molecular weight excluding hydrogens is 268 g/mol. The number of aromatic amines is 1. The number of carbonyl (C=O) groups excluding carboxylic acids is 1. The summed E-state index contributed by atoms with van der Waals surface area (Å²) in [5, 5.41) is 8.97. The molecule has 1 fully saturated rings. The Balaban J connectivity index is 1.77. The predicted molar refractivity (Wildman–Crippen MR) is 79.2 cm³/mol. The fraction of sp³-hybridized carbons (Fsp3) is 0.429. The van der Waals surface area contributed by atoms with Gasteiger partial charge in [0.1, 0.15) is 12.1 Å². The molecule has 0 spiro atoms. The van der Waals surface area contributed by atoms with Crippen molar-refractivity contribution >= 4 is 17.7 Å². The molecule has 1 aliphatic heterocycles. The first kappa shape index (κ1) is 13.5. The minimum absolute atomic E-state index is 0.222. The number of nitrogens with one attached hydrogen (secondary N) is 2. The molecule has 1 amide bonds. The molecule has 7 heteroatoms. The lowest BCUT2D eigenvalue weighted by atomic mass is 10.0. The van der Waals surface area contributed by atoms with Gasteiger partial charge in [0.25, 0.3) is 5.91 Å². The molecule has 0 bridgehead atoms. The van der Waals surface area contributed by atoms with Crippen LogP contribution in [0.25, 0.3) is 0 Å². The first-order chi connectivity index (χ1) is 10.2. The standard InChI is InChI=1S/C14H18N6O/c1-10-4-2-3-7-20(10)12-8-11(5-6-15-12)13(21)18-14-16-9-17-19-14/h5-6,8-10H,2-4,7H2,1H3,(H2,16,17,18,19,21)/t10-/m0/s1. The molecule has 0 aliphatic carbocycles. The molecule has 0 radical (unpaired) electrons. The summed E-state index contributed by atoms with van der Waals surface area (Å²) < 4.78 is 0. The fourth-order valence-electron chi connectivity index (χ4n) is 2.60. The zero-order valence-electron chi connectivity index (χ0n) is 11.9. The van der Waals surface area contributed by atoms with Gasteiger partial charge >= 0.3 is 0 Å². The minimum atomic E-state index is -0.222. The number of hydrogen-bond donors (Lipinski definition) is 2. The first-order valence-electron chi connectivity index (χ1n) is 7.13. The van der Waals surface area contributed by atoms with E-state index in [1.165, 1.54) is 19.2 Å². The van der Waals surface area contributed by atoms with Crippen molar-refractivity contribution in [2.75, 3.05) is 16.8 Å². The quantitative estimate of drug-likeness (QED) is 0.899. The van der Waals surface area contributed by atoms with Gasteiger partial charge in [-0.15, -0.1) is 0 Å². The summed E-state index contributed by atoms with van der Waals surface area (Å²) in [5.41, 5.74) is 0.564. The average molecular weight is 286 g/mol. The highest BCUT2D eigenvalue weighted by Crippen LogP contribution is 2.23. The van der Waals surface area contributed by atoms with Crippen LogP contribution in [0.5, 0.6) is 0 Å². The van der Waals surface area contributed by atoms with Crippen LogP contribution in [0.2, 0.25) is 0 Å². The summed E-state index contributed by atoms with van der Waals surface area (Å²) in [5.74, 6) is 0.970. The van der Waals surface area contributed by atoms with Crippen molar-refractivity contribution in [1.29, 1.82) is 0 Å². The summed E-state index contributed by atoms with van der Waals surface area (Å²) in [6.45, 7) is 3.18. The van der Waals surface area contributed by atoms with Gasteiger partial charge in [0, 0.05) is 24.3 Å². The van der Waals surface area contributed by atoms with Crippen molar-refractivity contribution in [2.24, 2.45) is 0 Å². The van der Waals surface area contributed by atoms with Crippen molar-refractivity contribution in [3.8, 4) is 0 Å². The molecule has 0 unspecified atom stereocenters. The van der Waals surface area contributed by atoms with Gasteiger partial charge in [-0.25, -0.2) is 10.1 Å². The summed E-state index contributed by atoms with van der Waals surface area (Å²) in [4.78, 5) is 22.7. The van der Waals surface area contributed by atoms with E-state index in [0.717, 1.165) is 18.8 Å². The molecule has 21 heavy (non-hydrogen) atoms. The van der Waals surface area contributed by atoms with E-state index in [2.05, 4.69) is 37.3 Å². The second-order valence-electron chi connectivity index (χ2n) is 5.23. The van der Waals surface area contributed by atoms with E-state index in [0.29, 0.717) is 17.6 Å². The van der Waals surface area contributed by atoms with Crippen LogP contribution >= 0.6 is 0 Å². The molecule has 1 atom stereocenters. The lowest BCUT2D eigenvalue weighted by molar-refractivity contribution is 0.102. The highest BCUT2D eigenvalue weighted by Gasteiger charge is 2.20. The zero-order chi connectivity index (χ0) is 14.7. The molecular formula is C14H18N6O. The Morgan fingerprint density at radius 3 is 3.10 bits per heavy atom. The number of H-pyrrole nitrogens is 1. The Morgan fingerprint density at radius 2 is 2.33 bits per heavy atom. The van der Waals surface area contributed by atoms with Crippen molar-refractivity contribution in [1.82, 2.24) is 20.2 Å². The molecule has 2 aromatic heterocycles. The number of aromatic nitrogens is 4. The maximum atomic E-state index is 12.2. The molecule has 110 valence electrons. The average Bonchev–Trinajstić information content (AvgIpc) is 3.01. The van der Waals surface area contributed by atoms with Crippen LogP contribution in [0.1, 0.15) is 36.5 Å². The Labute approximate surface area is 122 Å². The van der Waals surface area contributed by atoms with Crippen molar-refractivity contribution in [3.05, 3.63) is 30.2 Å². The van der Waals surface area contributed by atoms with Gasteiger partial charge in [-0.1, -0.05) is 0 Å². The van der Waals surface area contributed by atoms with Gasteiger partial charge in [0.2, 0.25) is 5.95 Å². The molecule has 2 aromatic rings. The summed E-state index contributed by atoms with van der Waals surface area (Å²) in [7, 11) is 0. The molecule has 3 heterocycles. The Hall–Kier alpha value is -2.44. The van der Waals surface area contributed by atoms with Crippen LogP contribution in [0.3, 0.4) is 0 Å². The maximum Gasteiger partial charge on any atom is 0.258 e. The second kappa shape index (κ2) is 5.90. The normalized spacial score (nSPS) is 18.5. The van der Waals surface area contributed by atoms with E-state index in [4.69, 9.17) is 0 Å². The SMILES string of the molecule is C[C@H]1CCCCN1c1cc(C(=O)Nc2ncn[nH]2)ccn1. The van der Waals surface area contributed by atoms with Crippen molar-refractivity contribution < 1.29 is 4.79 Å². The van der Waals surface area contributed by atoms with Crippen LogP contribution in [-0.4, -0.2) is 38.7 Å². The van der Waals surface area contributed by atoms with Gasteiger partial charge in [0.05, 0.1) is 0 Å². The molecule has 0 aromatic carbocycles. The monoisotopic (exact) mass is 286 g/mol.